The molecule has 2 N–H and O–H groups in total. The summed E-state index contributed by atoms with van der Waals surface area (Å²) in [5.41, 5.74) is 1.98. The molecule has 0 bridgehead atoms. The number of aryl methyl sites for hydroxylation is 1. The molecule has 0 fully saturated rings. The van der Waals surface area contributed by atoms with E-state index in [2.05, 4.69) is 15.6 Å². The van der Waals surface area contributed by atoms with Crippen LogP contribution >= 0.6 is 11.3 Å². The van der Waals surface area contributed by atoms with Crippen molar-refractivity contribution in [3.63, 3.8) is 0 Å². The molecule has 144 valence electrons. The topological polar surface area (TPSA) is 80.3 Å². The average Bonchev–Trinajstić information content (AvgIpc) is 3.17. The van der Waals surface area contributed by atoms with Crippen LogP contribution in [0, 0.1) is 12.7 Å². The lowest BCUT2D eigenvalue weighted by Gasteiger charge is -2.06. The van der Waals surface area contributed by atoms with Crippen molar-refractivity contribution in [2.45, 2.75) is 13.5 Å². The minimum absolute atomic E-state index is 0.120. The van der Waals surface area contributed by atoms with Gasteiger partial charge in [0.25, 0.3) is 5.91 Å². The van der Waals surface area contributed by atoms with E-state index in [9.17, 15) is 14.0 Å². The zero-order chi connectivity index (χ0) is 19.9. The Kier molecular flexibility index (Phi) is 6.33. The largest absolute Gasteiger partial charge is 0.451 e. The molecule has 0 radical (unpaired) electrons. The molecule has 28 heavy (non-hydrogen) atoms. The summed E-state index contributed by atoms with van der Waals surface area (Å²) < 4.78 is 18.5. The Morgan fingerprint density at radius 3 is 2.71 bits per heavy atom. The number of thiazole rings is 1. The minimum Gasteiger partial charge on any atom is -0.451 e. The molecule has 3 aromatic rings. The van der Waals surface area contributed by atoms with Gasteiger partial charge in [0.1, 0.15) is 5.82 Å². The predicted octanol–water partition coefficient (Wildman–Crippen LogP) is 4.00. The molecular weight excluding hydrogens is 381 g/mol. The SMILES string of the molecule is Cc1ccc(NC(=O)COC(=O)c2csc(NCc3ccccc3)n2)cc1F. The number of carbonyl (C=O) groups excluding carboxylic acids is 2. The zero-order valence-electron chi connectivity index (χ0n) is 15.1. The molecule has 8 heteroatoms. The van der Waals surface area contributed by atoms with E-state index in [0.29, 0.717) is 22.9 Å². The average molecular weight is 399 g/mol. The molecule has 0 saturated heterocycles. The Labute approximate surface area is 165 Å². The lowest BCUT2D eigenvalue weighted by atomic mass is 10.2. The molecule has 1 aromatic heterocycles. The number of anilines is 2. The number of rotatable bonds is 7. The van der Waals surface area contributed by atoms with Crippen molar-refractivity contribution in [1.29, 1.82) is 0 Å². The molecular formula is C20H18FN3O3S. The Bertz CT molecular complexity index is 976. The lowest BCUT2D eigenvalue weighted by molar-refractivity contribution is -0.119. The second-order valence-electron chi connectivity index (χ2n) is 5.97. The van der Waals surface area contributed by atoms with Gasteiger partial charge >= 0.3 is 5.97 Å². The van der Waals surface area contributed by atoms with Crippen molar-refractivity contribution >= 4 is 34.0 Å². The molecule has 0 aliphatic heterocycles. The van der Waals surface area contributed by atoms with Crippen LogP contribution in [0.5, 0.6) is 0 Å². The van der Waals surface area contributed by atoms with Crippen LogP contribution in [0.4, 0.5) is 15.2 Å². The van der Waals surface area contributed by atoms with Crippen LogP contribution in [-0.2, 0) is 16.1 Å². The maximum Gasteiger partial charge on any atom is 0.358 e. The van der Waals surface area contributed by atoms with Gasteiger partial charge in [-0.25, -0.2) is 14.2 Å². The fourth-order valence-corrected chi connectivity index (χ4v) is 2.97. The number of benzene rings is 2. The number of nitrogens with one attached hydrogen (secondary N) is 2. The van der Waals surface area contributed by atoms with Crippen LogP contribution in [-0.4, -0.2) is 23.5 Å². The van der Waals surface area contributed by atoms with Crippen LogP contribution < -0.4 is 10.6 Å². The van der Waals surface area contributed by atoms with Crippen LogP contribution in [0.1, 0.15) is 21.6 Å². The molecule has 0 spiro atoms. The van der Waals surface area contributed by atoms with E-state index in [1.54, 1.807) is 24.4 Å². The summed E-state index contributed by atoms with van der Waals surface area (Å²) in [7, 11) is 0. The second-order valence-corrected chi connectivity index (χ2v) is 6.82. The quantitative estimate of drug-likeness (QED) is 0.587. The van der Waals surface area contributed by atoms with Crippen LogP contribution in [0.3, 0.4) is 0 Å². The van der Waals surface area contributed by atoms with E-state index < -0.39 is 24.3 Å². The highest BCUT2D eigenvalue weighted by Crippen LogP contribution is 2.17. The van der Waals surface area contributed by atoms with E-state index in [4.69, 9.17) is 4.74 Å². The van der Waals surface area contributed by atoms with Gasteiger partial charge < -0.3 is 15.4 Å². The van der Waals surface area contributed by atoms with Crippen LogP contribution in [0.25, 0.3) is 0 Å². The minimum atomic E-state index is -0.700. The number of hydrogen-bond acceptors (Lipinski definition) is 6. The second kappa shape index (κ2) is 9.09. The summed E-state index contributed by atoms with van der Waals surface area (Å²) in [4.78, 5) is 28.1. The summed E-state index contributed by atoms with van der Waals surface area (Å²) in [6.45, 7) is 1.72. The first kappa shape index (κ1) is 19.5. The number of ether oxygens (including phenoxy) is 1. The number of nitrogens with zero attached hydrogens (tertiary/aromatic N) is 1. The molecule has 0 atom stereocenters. The number of halogens is 1. The Morgan fingerprint density at radius 2 is 1.96 bits per heavy atom. The third-order valence-electron chi connectivity index (χ3n) is 3.79. The fourth-order valence-electron chi connectivity index (χ4n) is 2.29. The Hall–Kier alpha value is -3.26. The van der Waals surface area contributed by atoms with Crippen molar-refractivity contribution in [3.05, 3.63) is 76.5 Å². The standard InChI is InChI=1S/C20H18FN3O3S/c1-13-7-8-15(9-16(13)21)23-18(25)11-27-19(26)17-12-28-20(24-17)22-10-14-5-3-2-4-6-14/h2-9,12H,10-11H2,1H3,(H,22,24)(H,23,25). The molecule has 0 saturated carbocycles. The van der Waals surface area contributed by atoms with Crippen molar-refractivity contribution in [2.24, 2.45) is 0 Å². The van der Waals surface area contributed by atoms with Crippen molar-refractivity contribution in [3.8, 4) is 0 Å². The number of hydrogen-bond donors (Lipinski definition) is 2. The van der Waals surface area contributed by atoms with Gasteiger partial charge in [-0.15, -0.1) is 11.3 Å². The predicted molar refractivity (Wildman–Crippen MR) is 106 cm³/mol. The van der Waals surface area contributed by atoms with Crippen molar-refractivity contribution in [1.82, 2.24) is 4.98 Å². The van der Waals surface area contributed by atoms with Gasteiger partial charge in [0.2, 0.25) is 0 Å². The molecule has 0 unspecified atom stereocenters. The summed E-state index contributed by atoms with van der Waals surface area (Å²) in [6, 6.07) is 14.1. The van der Waals surface area contributed by atoms with E-state index in [1.165, 1.54) is 17.4 Å². The number of esters is 1. The van der Waals surface area contributed by atoms with E-state index in [1.807, 2.05) is 30.3 Å². The van der Waals surface area contributed by atoms with Gasteiger partial charge in [-0.1, -0.05) is 36.4 Å². The van der Waals surface area contributed by atoms with Gasteiger partial charge in [0, 0.05) is 17.6 Å². The Morgan fingerprint density at radius 1 is 1.18 bits per heavy atom. The molecule has 0 aliphatic carbocycles. The molecule has 1 heterocycles. The molecule has 1 amide bonds. The van der Waals surface area contributed by atoms with E-state index in [-0.39, 0.29) is 5.69 Å². The van der Waals surface area contributed by atoms with E-state index in [0.717, 1.165) is 5.56 Å². The van der Waals surface area contributed by atoms with Gasteiger partial charge in [0.05, 0.1) is 0 Å². The van der Waals surface area contributed by atoms with Crippen molar-refractivity contribution in [2.75, 3.05) is 17.2 Å². The van der Waals surface area contributed by atoms with E-state index >= 15 is 0 Å². The van der Waals surface area contributed by atoms with Gasteiger partial charge in [-0.2, -0.15) is 0 Å². The third-order valence-corrected chi connectivity index (χ3v) is 4.59. The highest BCUT2D eigenvalue weighted by molar-refractivity contribution is 7.13. The lowest BCUT2D eigenvalue weighted by Crippen LogP contribution is -2.21. The van der Waals surface area contributed by atoms with Crippen molar-refractivity contribution < 1.29 is 18.7 Å². The van der Waals surface area contributed by atoms with Gasteiger partial charge in [-0.3, -0.25) is 4.79 Å². The Balaban J connectivity index is 1.47. The maximum absolute atomic E-state index is 13.5. The highest BCUT2D eigenvalue weighted by atomic mass is 32.1. The first-order valence-electron chi connectivity index (χ1n) is 8.48. The summed E-state index contributed by atoms with van der Waals surface area (Å²) in [6.07, 6.45) is 0. The first-order valence-corrected chi connectivity index (χ1v) is 9.35. The summed E-state index contributed by atoms with van der Waals surface area (Å²) in [5.74, 6) is -1.68. The summed E-state index contributed by atoms with van der Waals surface area (Å²) >= 11 is 1.27. The highest BCUT2D eigenvalue weighted by Gasteiger charge is 2.14. The summed E-state index contributed by atoms with van der Waals surface area (Å²) in [5, 5.41) is 7.74. The fraction of sp³-hybridized carbons (Fsp3) is 0.150. The third kappa shape index (κ3) is 5.37. The number of amides is 1. The monoisotopic (exact) mass is 399 g/mol. The molecule has 0 aliphatic rings. The zero-order valence-corrected chi connectivity index (χ0v) is 15.9. The number of carbonyl (C=O) groups is 2. The number of aromatic nitrogens is 1. The smallest absolute Gasteiger partial charge is 0.358 e. The van der Waals surface area contributed by atoms with Crippen LogP contribution in [0.2, 0.25) is 0 Å². The maximum atomic E-state index is 13.5. The molecule has 6 nitrogen and oxygen atoms in total. The normalized spacial score (nSPS) is 10.4. The van der Waals surface area contributed by atoms with Gasteiger partial charge in [0.15, 0.2) is 17.4 Å². The van der Waals surface area contributed by atoms with Crippen LogP contribution in [0.15, 0.2) is 53.9 Å². The van der Waals surface area contributed by atoms with Gasteiger partial charge in [-0.05, 0) is 30.2 Å². The molecule has 2 aromatic carbocycles. The first-order chi connectivity index (χ1) is 13.5. The molecule has 3 rings (SSSR count).